The summed E-state index contributed by atoms with van der Waals surface area (Å²) in [5.74, 6) is 0. The molecule has 2 aromatic rings. The molecular weight excluding hydrogens is 269 g/mol. The summed E-state index contributed by atoms with van der Waals surface area (Å²) < 4.78 is 3.63. The van der Waals surface area contributed by atoms with Gasteiger partial charge in [0.15, 0.2) is 0 Å². The molecule has 2 rings (SSSR count). The van der Waals surface area contributed by atoms with Gasteiger partial charge in [-0.25, -0.2) is 0 Å². The molecule has 0 radical (unpaired) electrons. The average Bonchev–Trinajstić information content (AvgIpc) is 2.32. The van der Waals surface area contributed by atoms with Crippen molar-refractivity contribution in [2.45, 2.75) is 0 Å². The Bertz CT molecular complexity index is 628. The quantitative estimate of drug-likeness (QED) is 0.713. The van der Waals surface area contributed by atoms with Crippen LogP contribution in [0.1, 0.15) is 0 Å². The molecule has 0 atom stereocenters. The summed E-state index contributed by atoms with van der Waals surface area (Å²) in [7, 11) is 3.37. The van der Waals surface area contributed by atoms with E-state index in [1.807, 2.05) is 30.3 Å². The van der Waals surface area contributed by atoms with Crippen molar-refractivity contribution in [3.8, 4) is 11.3 Å². The van der Waals surface area contributed by atoms with Gasteiger partial charge in [0.25, 0.3) is 0 Å². The molecule has 0 saturated carbocycles. The van der Waals surface area contributed by atoms with Crippen LogP contribution in [0.5, 0.6) is 0 Å². The van der Waals surface area contributed by atoms with Gasteiger partial charge in [-0.2, -0.15) is 0 Å². The van der Waals surface area contributed by atoms with E-state index in [4.69, 9.17) is 0 Å². The summed E-state index contributed by atoms with van der Waals surface area (Å²) in [6.07, 6.45) is 0. The summed E-state index contributed by atoms with van der Waals surface area (Å²) >= 11 is 2.89. The summed E-state index contributed by atoms with van der Waals surface area (Å²) in [6, 6.07) is 9.77. The van der Waals surface area contributed by atoms with Gasteiger partial charge in [0.05, 0.1) is 0 Å². The van der Waals surface area contributed by atoms with Crippen LogP contribution >= 0.6 is 0 Å². The van der Waals surface area contributed by atoms with Crippen LogP contribution in [0.2, 0.25) is 0 Å². The second kappa shape index (κ2) is 4.20. The van der Waals surface area contributed by atoms with Crippen molar-refractivity contribution in [2.75, 3.05) is 0 Å². The third kappa shape index (κ3) is 1.79. The molecule has 16 heavy (non-hydrogen) atoms. The number of benzene rings is 1. The van der Waals surface area contributed by atoms with E-state index in [-0.39, 0.29) is 5.69 Å². The number of rotatable bonds is 1. The maximum absolute atomic E-state index is 11.6. The first kappa shape index (κ1) is 11.0. The number of aryl methyl sites for hydroxylation is 1. The van der Waals surface area contributed by atoms with Crippen molar-refractivity contribution in [1.82, 2.24) is 14.3 Å². The Morgan fingerprint density at radius 1 is 1.19 bits per heavy atom. The molecule has 0 amide bonds. The van der Waals surface area contributed by atoms with Crippen LogP contribution in [0.15, 0.2) is 35.1 Å². The molecule has 1 aromatic carbocycles. The Morgan fingerprint density at radius 2 is 1.81 bits per heavy atom. The van der Waals surface area contributed by atoms with E-state index in [1.165, 1.54) is 4.68 Å². The molecule has 0 aliphatic carbocycles. The van der Waals surface area contributed by atoms with Crippen LogP contribution in [-0.2, 0) is 14.1 Å². The summed E-state index contributed by atoms with van der Waals surface area (Å²) in [5, 5.41) is 4.26. The molecular formula is C11H11N3OSe. The van der Waals surface area contributed by atoms with Crippen molar-refractivity contribution in [2.24, 2.45) is 14.1 Å². The van der Waals surface area contributed by atoms with Gasteiger partial charge in [-0.3, -0.25) is 0 Å². The molecule has 0 saturated heterocycles. The molecule has 0 unspecified atom stereocenters. The van der Waals surface area contributed by atoms with Crippen LogP contribution in [0.25, 0.3) is 11.3 Å². The molecule has 0 aliphatic rings. The number of nitrogens with zero attached hydrogens (tertiary/aromatic N) is 3. The second-order valence-corrected chi connectivity index (χ2v) is 4.30. The Hall–Kier alpha value is -1.45. The first-order valence-electron chi connectivity index (χ1n) is 4.81. The number of aromatic nitrogens is 3. The van der Waals surface area contributed by atoms with Crippen LogP contribution < -0.4 is 5.69 Å². The van der Waals surface area contributed by atoms with Crippen molar-refractivity contribution >= 4 is 15.6 Å². The standard InChI is InChI=1S/C11H11N3OSe/c1-13-10(16)9(12-14(2)11(13)15)8-6-4-3-5-7-8/h3-7H,1-2H3. The van der Waals surface area contributed by atoms with Crippen molar-refractivity contribution in [3.05, 3.63) is 45.0 Å². The monoisotopic (exact) mass is 281 g/mol. The Balaban J connectivity index is 2.78. The van der Waals surface area contributed by atoms with Gasteiger partial charge in [-0.1, -0.05) is 0 Å². The van der Waals surface area contributed by atoms with Crippen LogP contribution in [0, 0.1) is 4.19 Å². The van der Waals surface area contributed by atoms with Crippen molar-refractivity contribution < 1.29 is 0 Å². The van der Waals surface area contributed by atoms with E-state index in [2.05, 4.69) is 20.7 Å². The summed E-state index contributed by atoms with van der Waals surface area (Å²) in [4.78, 5) is 11.6. The molecule has 5 heteroatoms. The van der Waals surface area contributed by atoms with Gasteiger partial charge < -0.3 is 0 Å². The van der Waals surface area contributed by atoms with Gasteiger partial charge in [-0.05, 0) is 0 Å². The van der Waals surface area contributed by atoms with Crippen LogP contribution in [-0.4, -0.2) is 29.9 Å². The van der Waals surface area contributed by atoms with Gasteiger partial charge in [0.1, 0.15) is 0 Å². The van der Waals surface area contributed by atoms with E-state index in [0.29, 0.717) is 0 Å². The molecule has 0 fully saturated rings. The molecule has 0 N–H and O–H groups in total. The molecule has 82 valence electrons. The van der Waals surface area contributed by atoms with E-state index < -0.39 is 0 Å². The maximum atomic E-state index is 11.6. The van der Waals surface area contributed by atoms with Gasteiger partial charge in [-0.15, -0.1) is 0 Å². The fraction of sp³-hybridized carbons (Fsp3) is 0.182. The number of hydrogen-bond donors (Lipinski definition) is 0. The van der Waals surface area contributed by atoms with Crippen molar-refractivity contribution in [1.29, 1.82) is 0 Å². The van der Waals surface area contributed by atoms with Gasteiger partial charge >= 0.3 is 100 Å². The van der Waals surface area contributed by atoms with Crippen LogP contribution in [0.3, 0.4) is 0 Å². The fourth-order valence-electron chi connectivity index (χ4n) is 1.48. The average molecular weight is 280 g/mol. The molecule has 0 aliphatic heterocycles. The molecule has 0 spiro atoms. The zero-order valence-corrected chi connectivity index (χ0v) is 10.8. The zero-order chi connectivity index (χ0) is 11.7. The number of hydrogen-bond acceptors (Lipinski definition) is 2. The zero-order valence-electron chi connectivity index (χ0n) is 9.04. The van der Waals surface area contributed by atoms with E-state index in [1.54, 1.807) is 18.7 Å². The SMILES string of the molecule is Cn1nc(-c2ccccc2)c(=[Se])n(C)c1=O. The molecule has 1 aromatic heterocycles. The van der Waals surface area contributed by atoms with Gasteiger partial charge in [0.2, 0.25) is 0 Å². The minimum atomic E-state index is -0.145. The molecule has 4 nitrogen and oxygen atoms in total. The first-order chi connectivity index (χ1) is 7.61. The fourth-order valence-corrected chi connectivity index (χ4v) is 1.97. The van der Waals surface area contributed by atoms with Crippen LogP contribution in [0.4, 0.5) is 0 Å². The van der Waals surface area contributed by atoms with Crippen molar-refractivity contribution in [3.63, 3.8) is 0 Å². The third-order valence-corrected chi connectivity index (χ3v) is 3.35. The molecule has 0 bridgehead atoms. The summed E-state index contributed by atoms with van der Waals surface area (Å²) in [6.45, 7) is 0. The second-order valence-electron chi connectivity index (χ2n) is 3.48. The normalized spacial score (nSPS) is 10.4. The summed E-state index contributed by atoms with van der Waals surface area (Å²) in [5.41, 5.74) is 1.63. The predicted octanol–water partition coefficient (Wildman–Crippen LogP) is 0.486. The molecule has 1 heterocycles. The van der Waals surface area contributed by atoms with Gasteiger partial charge in [0, 0.05) is 0 Å². The first-order valence-corrected chi connectivity index (χ1v) is 5.66. The Labute approximate surface area is 101 Å². The predicted molar refractivity (Wildman–Crippen MR) is 62.9 cm³/mol. The Kier molecular flexibility index (Phi) is 2.90. The Morgan fingerprint density at radius 3 is 2.44 bits per heavy atom. The third-order valence-electron chi connectivity index (χ3n) is 2.37. The van der Waals surface area contributed by atoms with E-state index >= 15 is 0 Å². The minimum absolute atomic E-state index is 0.145. The van der Waals surface area contributed by atoms with E-state index in [9.17, 15) is 4.79 Å². The topological polar surface area (TPSA) is 39.8 Å². The van der Waals surface area contributed by atoms with E-state index in [0.717, 1.165) is 15.5 Å².